The lowest BCUT2D eigenvalue weighted by Gasteiger charge is -2.43. The van der Waals surface area contributed by atoms with Crippen LogP contribution >= 0.6 is 0 Å². The minimum Gasteiger partial charge on any atom is -0.331 e. The Morgan fingerprint density at radius 1 is 1.05 bits per heavy atom. The van der Waals surface area contributed by atoms with Crippen molar-refractivity contribution in [3.63, 3.8) is 0 Å². The van der Waals surface area contributed by atoms with Gasteiger partial charge in [-0.1, -0.05) is 43.2 Å². The molecule has 1 saturated carbocycles. The van der Waals surface area contributed by atoms with E-state index in [1.807, 2.05) is 18.2 Å². The number of nitrogens with zero attached hydrogens (tertiary/aromatic N) is 1. The van der Waals surface area contributed by atoms with Gasteiger partial charge in [0.15, 0.2) is 0 Å². The molecule has 1 aromatic carbocycles. The van der Waals surface area contributed by atoms with E-state index in [1.165, 1.54) is 18.4 Å². The largest absolute Gasteiger partial charge is 0.331 e. The Labute approximate surface area is 114 Å². The molecule has 1 amide bonds. The summed E-state index contributed by atoms with van der Waals surface area (Å²) in [5, 5.41) is 0. The quantitative estimate of drug-likeness (QED) is 0.886. The topological polar surface area (TPSA) is 46.3 Å². The molecule has 1 aliphatic heterocycles. The molecule has 19 heavy (non-hydrogen) atoms. The zero-order valence-corrected chi connectivity index (χ0v) is 11.3. The molecule has 2 unspecified atom stereocenters. The van der Waals surface area contributed by atoms with Gasteiger partial charge in [-0.25, -0.2) is 0 Å². The molecule has 102 valence electrons. The van der Waals surface area contributed by atoms with Gasteiger partial charge >= 0.3 is 0 Å². The number of likely N-dealkylation sites (tertiary alicyclic amines) is 1. The number of nitrogens with two attached hydrogens (primary N) is 1. The Balaban J connectivity index is 1.93. The van der Waals surface area contributed by atoms with Crippen LogP contribution in [0.2, 0.25) is 0 Å². The van der Waals surface area contributed by atoms with Crippen LogP contribution in [-0.2, 0) is 4.79 Å². The van der Waals surface area contributed by atoms with E-state index in [2.05, 4.69) is 17.0 Å². The van der Waals surface area contributed by atoms with Crippen molar-refractivity contribution in [2.75, 3.05) is 0 Å². The summed E-state index contributed by atoms with van der Waals surface area (Å²) in [6.07, 6.45) is 6.18. The van der Waals surface area contributed by atoms with Crippen molar-refractivity contribution in [3.8, 4) is 0 Å². The molecule has 2 atom stereocenters. The minimum atomic E-state index is 0.0701. The van der Waals surface area contributed by atoms with Crippen molar-refractivity contribution in [1.82, 2.24) is 4.90 Å². The summed E-state index contributed by atoms with van der Waals surface area (Å²) in [5.41, 5.74) is 7.53. The van der Waals surface area contributed by atoms with Gasteiger partial charge in [0.1, 0.15) is 0 Å². The van der Waals surface area contributed by atoms with Gasteiger partial charge in [-0.3, -0.25) is 4.79 Å². The van der Waals surface area contributed by atoms with Gasteiger partial charge in [0.25, 0.3) is 0 Å². The van der Waals surface area contributed by atoms with Crippen molar-refractivity contribution in [2.45, 2.75) is 56.7 Å². The average molecular weight is 258 g/mol. The van der Waals surface area contributed by atoms with Crippen LogP contribution < -0.4 is 5.73 Å². The molecule has 1 aliphatic carbocycles. The Kier molecular flexibility index (Phi) is 3.56. The second kappa shape index (κ2) is 5.33. The van der Waals surface area contributed by atoms with Crippen LogP contribution in [0.25, 0.3) is 0 Å². The smallest absolute Gasteiger partial charge is 0.223 e. The zero-order valence-electron chi connectivity index (χ0n) is 11.3. The number of carbonyl (C=O) groups excluding carboxylic acids is 1. The molecule has 1 saturated heterocycles. The van der Waals surface area contributed by atoms with Crippen LogP contribution in [0.1, 0.15) is 50.1 Å². The molecule has 3 heteroatoms. The first kappa shape index (κ1) is 12.7. The van der Waals surface area contributed by atoms with Gasteiger partial charge in [0.2, 0.25) is 5.91 Å². The monoisotopic (exact) mass is 258 g/mol. The number of rotatable bonds is 2. The summed E-state index contributed by atoms with van der Waals surface area (Å²) in [6.45, 7) is 0. The molecule has 3 rings (SSSR count). The Bertz CT molecular complexity index is 439. The van der Waals surface area contributed by atoms with E-state index in [0.29, 0.717) is 18.4 Å². The Morgan fingerprint density at radius 2 is 1.74 bits per heavy atom. The number of hydrogen-bond donors (Lipinski definition) is 1. The van der Waals surface area contributed by atoms with E-state index in [0.717, 1.165) is 19.3 Å². The van der Waals surface area contributed by atoms with E-state index < -0.39 is 0 Å². The number of carbonyl (C=O) groups is 1. The van der Waals surface area contributed by atoms with E-state index in [1.54, 1.807) is 0 Å². The predicted octanol–water partition coefficient (Wildman–Crippen LogP) is 2.62. The summed E-state index contributed by atoms with van der Waals surface area (Å²) in [7, 11) is 0. The zero-order chi connectivity index (χ0) is 13.2. The van der Waals surface area contributed by atoms with Crippen molar-refractivity contribution in [2.24, 2.45) is 5.73 Å². The summed E-state index contributed by atoms with van der Waals surface area (Å²) in [5.74, 6) is 0.294. The van der Waals surface area contributed by atoms with E-state index in [9.17, 15) is 4.79 Å². The van der Waals surface area contributed by atoms with E-state index in [-0.39, 0.29) is 12.1 Å². The molecular weight excluding hydrogens is 236 g/mol. The lowest BCUT2D eigenvalue weighted by molar-refractivity contribution is -0.140. The minimum absolute atomic E-state index is 0.0701. The standard InChI is InChI=1S/C16H22N2O/c17-14-10-11-15(19)18(13-8-4-5-9-13)16(14)12-6-2-1-3-7-12/h1-3,6-7,13-14,16H,4-5,8-11,17H2. The maximum absolute atomic E-state index is 12.4. The fourth-order valence-corrected chi connectivity index (χ4v) is 3.61. The number of benzene rings is 1. The first-order chi connectivity index (χ1) is 9.27. The molecule has 3 nitrogen and oxygen atoms in total. The summed E-state index contributed by atoms with van der Waals surface area (Å²) in [6, 6.07) is 10.8. The molecule has 0 bridgehead atoms. The fourth-order valence-electron chi connectivity index (χ4n) is 3.61. The lowest BCUT2D eigenvalue weighted by Crippen LogP contribution is -2.52. The summed E-state index contributed by atoms with van der Waals surface area (Å²) in [4.78, 5) is 14.5. The molecular formula is C16H22N2O. The second-order valence-corrected chi connectivity index (χ2v) is 5.80. The van der Waals surface area contributed by atoms with Gasteiger partial charge < -0.3 is 10.6 Å². The van der Waals surface area contributed by atoms with Gasteiger partial charge in [0, 0.05) is 18.5 Å². The highest BCUT2D eigenvalue weighted by Crippen LogP contribution is 2.37. The van der Waals surface area contributed by atoms with Gasteiger partial charge in [0.05, 0.1) is 6.04 Å². The molecule has 0 spiro atoms. The summed E-state index contributed by atoms with van der Waals surface area (Å²) < 4.78 is 0. The number of hydrogen-bond acceptors (Lipinski definition) is 2. The van der Waals surface area contributed by atoms with Crippen molar-refractivity contribution < 1.29 is 4.79 Å². The number of piperidine rings is 1. The lowest BCUT2D eigenvalue weighted by atomic mass is 9.89. The third kappa shape index (κ3) is 2.39. The third-order valence-electron chi connectivity index (χ3n) is 4.54. The molecule has 2 N–H and O–H groups in total. The first-order valence-corrected chi connectivity index (χ1v) is 7.39. The maximum atomic E-state index is 12.4. The SMILES string of the molecule is NC1CCC(=O)N(C2CCCC2)C1c1ccccc1. The van der Waals surface area contributed by atoms with Crippen LogP contribution in [0.5, 0.6) is 0 Å². The maximum Gasteiger partial charge on any atom is 0.223 e. The highest BCUT2D eigenvalue weighted by molar-refractivity contribution is 5.78. The molecule has 1 aromatic rings. The normalized spacial score (nSPS) is 28.9. The van der Waals surface area contributed by atoms with Crippen molar-refractivity contribution in [3.05, 3.63) is 35.9 Å². The van der Waals surface area contributed by atoms with Crippen molar-refractivity contribution >= 4 is 5.91 Å². The average Bonchev–Trinajstić information content (AvgIpc) is 2.96. The fraction of sp³-hybridized carbons (Fsp3) is 0.562. The number of amides is 1. The molecule has 2 aliphatic rings. The van der Waals surface area contributed by atoms with Crippen LogP contribution in [0.4, 0.5) is 0 Å². The Hall–Kier alpha value is -1.35. The van der Waals surface area contributed by atoms with Gasteiger partial charge in [-0.15, -0.1) is 0 Å². The highest BCUT2D eigenvalue weighted by atomic mass is 16.2. The van der Waals surface area contributed by atoms with Crippen LogP contribution in [0, 0.1) is 0 Å². The van der Waals surface area contributed by atoms with Crippen LogP contribution in [-0.4, -0.2) is 22.9 Å². The van der Waals surface area contributed by atoms with Crippen molar-refractivity contribution in [1.29, 1.82) is 0 Å². The molecule has 0 aromatic heterocycles. The Morgan fingerprint density at radius 3 is 2.42 bits per heavy atom. The third-order valence-corrected chi connectivity index (χ3v) is 4.54. The van der Waals surface area contributed by atoms with Crippen LogP contribution in [0.3, 0.4) is 0 Å². The van der Waals surface area contributed by atoms with E-state index >= 15 is 0 Å². The highest BCUT2D eigenvalue weighted by Gasteiger charge is 2.39. The van der Waals surface area contributed by atoms with Gasteiger partial charge in [-0.2, -0.15) is 0 Å². The molecule has 2 fully saturated rings. The predicted molar refractivity (Wildman–Crippen MR) is 75.5 cm³/mol. The molecule has 1 heterocycles. The first-order valence-electron chi connectivity index (χ1n) is 7.39. The van der Waals surface area contributed by atoms with E-state index in [4.69, 9.17) is 5.73 Å². The summed E-state index contributed by atoms with van der Waals surface area (Å²) >= 11 is 0. The second-order valence-electron chi connectivity index (χ2n) is 5.80. The molecule has 0 radical (unpaired) electrons. The van der Waals surface area contributed by atoms with Gasteiger partial charge in [-0.05, 0) is 24.8 Å². The van der Waals surface area contributed by atoms with Crippen LogP contribution in [0.15, 0.2) is 30.3 Å².